The van der Waals surface area contributed by atoms with Crippen molar-refractivity contribution in [2.45, 2.75) is 35.9 Å². The Hall–Kier alpha value is -2.49. The maximum absolute atomic E-state index is 12.9. The van der Waals surface area contributed by atoms with Gasteiger partial charge >= 0.3 is 5.63 Å². The summed E-state index contributed by atoms with van der Waals surface area (Å²) in [5.74, 6) is -0.516. The summed E-state index contributed by atoms with van der Waals surface area (Å²) < 4.78 is 33.0. The van der Waals surface area contributed by atoms with Gasteiger partial charge < -0.3 is 9.73 Å². The number of sulfonamides is 1. The molecule has 30 heavy (non-hydrogen) atoms. The van der Waals surface area contributed by atoms with Gasteiger partial charge in [0.2, 0.25) is 0 Å². The van der Waals surface area contributed by atoms with E-state index in [1.807, 2.05) is 0 Å². The number of carbonyl (C=O) groups excluding carboxylic acids is 1. The van der Waals surface area contributed by atoms with Gasteiger partial charge in [-0.05, 0) is 42.8 Å². The second-order valence-corrected chi connectivity index (χ2v) is 10.3. The molecule has 158 valence electrons. The van der Waals surface area contributed by atoms with Crippen LogP contribution < -0.4 is 10.9 Å². The summed E-state index contributed by atoms with van der Waals surface area (Å²) in [4.78, 5) is 24.7. The first-order valence-corrected chi connectivity index (χ1v) is 12.2. The molecule has 1 N–H and O–H groups in total. The Balaban J connectivity index is 1.43. The van der Waals surface area contributed by atoms with Gasteiger partial charge in [0.1, 0.15) is 15.4 Å². The fourth-order valence-electron chi connectivity index (χ4n) is 3.77. The van der Waals surface area contributed by atoms with Crippen molar-refractivity contribution in [3.8, 4) is 0 Å². The van der Waals surface area contributed by atoms with Gasteiger partial charge in [-0.25, -0.2) is 13.2 Å². The summed E-state index contributed by atoms with van der Waals surface area (Å²) in [6, 6.07) is 11.7. The van der Waals surface area contributed by atoms with E-state index in [1.165, 1.54) is 17.4 Å². The lowest BCUT2D eigenvalue weighted by Gasteiger charge is -2.34. The van der Waals surface area contributed by atoms with Gasteiger partial charge in [0.15, 0.2) is 0 Å². The summed E-state index contributed by atoms with van der Waals surface area (Å²) in [6.45, 7) is 0.749. The number of benzene rings is 1. The maximum Gasteiger partial charge on any atom is 0.349 e. The Bertz CT molecular complexity index is 1200. The van der Waals surface area contributed by atoms with E-state index in [2.05, 4.69) is 5.32 Å². The first-order valence-electron chi connectivity index (χ1n) is 9.83. The Kier molecular flexibility index (Phi) is 6.03. The Morgan fingerprint density at radius 2 is 2.03 bits per heavy atom. The molecule has 0 aliphatic carbocycles. The summed E-state index contributed by atoms with van der Waals surface area (Å²) in [7, 11) is -3.53. The highest BCUT2D eigenvalue weighted by Crippen LogP contribution is 2.29. The van der Waals surface area contributed by atoms with E-state index < -0.39 is 21.6 Å². The zero-order chi connectivity index (χ0) is 21.1. The van der Waals surface area contributed by atoms with Crippen molar-refractivity contribution in [2.75, 3.05) is 13.1 Å². The molecule has 7 nitrogen and oxygen atoms in total. The number of nitrogens with zero attached hydrogens (tertiary/aromatic N) is 1. The number of hydrogen-bond acceptors (Lipinski definition) is 6. The first-order chi connectivity index (χ1) is 14.5. The predicted molar refractivity (Wildman–Crippen MR) is 115 cm³/mol. The van der Waals surface area contributed by atoms with E-state index in [0.717, 1.165) is 19.3 Å². The average Bonchev–Trinajstić information content (AvgIpc) is 3.29. The molecule has 1 aromatic carbocycles. The second-order valence-electron chi connectivity index (χ2n) is 7.23. The van der Waals surface area contributed by atoms with Gasteiger partial charge in [-0.1, -0.05) is 30.7 Å². The molecule has 3 heterocycles. The fraction of sp³-hybridized carbons (Fsp3) is 0.333. The van der Waals surface area contributed by atoms with Gasteiger partial charge in [0.25, 0.3) is 15.9 Å². The van der Waals surface area contributed by atoms with Gasteiger partial charge in [0.05, 0.1) is 0 Å². The van der Waals surface area contributed by atoms with Crippen LogP contribution in [0.5, 0.6) is 0 Å². The third-order valence-corrected chi connectivity index (χ3v) is 8.61. The standard InChI is InChI=1S/C21H22N2O5S2/c24-20(17-14-15-6-1-2-8-18(15)28-21(17)25)22-11-10-16-7-3-4-12-23(16)30(26,27)19-9-5-13-29-19/h1-2,5-6,8-9,13-14,16H,3-4,7,10-12H2,(H,22,24)/t16-/m1/s1. The van der Waals surface area contributed by atoms with E-state index in [1.54, 1.807) is 46.1 Å². The molecule has 1 aliphatic rings. The number of carbonyl (C=O) groups is 1. The molecule has 1 atom stereocenters. The predicted octanol–water partition coefficient (Wildman–Crippen LogP) is 3.22. The minimum atomic E-state index is -3.53. The zero-order valence-electron chi connectivity index (χ0n) is 16.2. The Morgan fingerprint density at radius 3 is 2.83 bits per heavy atom. The van der Waals surface area contributed by atoms with Gasteiger partial charge in [-0.2, -0.15) is 4.31 Å². The van der Waals surface area contributed by atoms with Crippen LogP contribution in [-0.4, -0.2) is 37.8 Å². The van der Waals surface area contributed by atoms with E-state index in [-0.39, 0.29) is 18.2 Å². The van der Waals surface area contributed by atoms with Crippen molar-refractivity contribution >= 4 is 38.2 Å². The quantitative estimate of drug-likeness (QED) is 0.587. The SMILES string of the molecule is O=C(NCC[C@H]1CCCCN1S(=O)(=O)c1cccs1)c1cc2ccccc2oc1=O. The number of para-hydroxylation sites is 1. The highest BCUT2D eigenvalue weighted by molar-refractivity contribution is 7.91. The monoisotopic (exact) mass is 446 g/mol. The number of hydrogen-bond donors (Lipinski definition) is 1. The van der Waals surface area contributed by atoms with Crippen LogP contribution in [0.15, 0.2) is 61.3 Å². The van der Waals surface area contributed by atoms with Crippen molar-refractivity contribution in [3.63, 3.8) is 0 Å². The molecule has 2 aromatic heterocycles. The highest BCUT2D eigenvalue weighted by Gasteiger charge is 2.33. The van der Waals surface area contributed by atoms with E-state index >= 15 is 0 Å². The molecular formula is C21H22N2O5S2. The molecule has 1 saturated heterocycles. The third kappa shape index (κ3) is 4.19. The Labute approximate surface area is 178 Å². The minimum Gasteiger partial charge on any atom is -0.422 e. The number of fused-ring (bicyclic) bond motifs is 1. The highest BCUT2D eigenvalue weighted by atomic mass is 32.2. The largest absolute Gasteiger partial charge is 0.422 e. The summed E-state index contributed by atoms with van der Waals surface area (Å²) >= 11 is 1.21. The van der Waals surface area contributed by atoms with Crippen LogP contribution in [0.2, 0.25) is 0 Å². The van der Waals surface area contributed by atoms with Crippen LogP contribution in [0.4, 0.5) is 0 Å². The Morgan fingerprint density at radius 1 is 1.20 bits per heavy atom. The average molecular weight is 447 g/mol. The maximum atomic E-state index is 12.9. The zero-order valence-corrected chi connectivity index (χ0v) is 17.9. The van der Waals surface area contributed by atoms with Gasteiger partial charge in [0, 0.05) is 24.5 Å². The fourth-order valence-corrected chi connectivity index (χ4v) is 6.62. The van der Waals surface area contributed by atoms with Crippen molar-refractivity contribution in [1.29, 1.82) is 0 Å². The summed E-state index contributed by atoms with van der Waals surface area (Å²) in [6.07, 6.45) is 3.00. The lowest BCUT2D eigenvalue weighted by Crippen LogP contribution is -2.45. The molecule has 1 fully saturated rings. The molecule has 0 radical (unpaired) electrons. The van der Waals surface area contributed by atoms with Crippen LogP contribution in [0, 0.1) is 0 Å². The van der Waals surface area contributed by atoms with Crippen molar-refractivity contribution in [3.05, 3.63) is 63.8 Å². The lowest BCUT2D eigenvalue weighted by atomic mass is 10.0. The molecular weight excluding hydrogens is 424 g/mol. The normalized spacial score (nSPS) is 17.8. The molecule has 0 spiro atoms. The van der Waals surface area contributed by atoms with Crippen LogP contribution in [0.3, 0.4) is 0 Å². The summed E-state index contributed by atoms with van der Waals surface area (Å²) in [5.41, 5.74) is -0.318. The number of piperidine rings is 1. The van der Waals surface area contributed by atoms with Crippen LogP contribution in [-0.2, 0) is 10.0 Å². The van der Waals surface area contributed by atoms with Crippen LogP contribution in [0.1, 0.15) is 36.0 Å². The van der Waals surface area contributed by atoms with E-state index in [9.17, 15) is 18.0 Å². The molecule has 1 amide bonds. The number of nitrogens with one attached hydrogen (secondary N) is 1. The summed E-state index contributed by atoms with van der Waals surface area (Å²) in [5, 5.41) is 5.16. The van der Waals surface area contributed by atoms with Crippen LogP contribution in [0.25, 0.3) is 11.0 Å². The molecule has 3 aromatic rings. The topological polar surface area (TPSA) is 96.7 Å². The van der Waals surface area contributed by atoms with Gasteiger partial charge in [-0.3, -0.25) is 4.79 Å². The smallest absolute Gasteiger partial charge is 0.349 e. The van der Waals surface area contributed by atoms with Crippen molar-refractivity contribution < 1.29 is 17.6 Å². The second kappa shape index (κ2) is 8.71. The molecule has 1 aliphatic heterocycles. The van der Waals surface area contributed by atoms with E-state index in [4.69, 9.17) is 4.42 Å². The van der Waals surface area contributed by atoms with Crippen molar-refractivity contribution in [1.82, 2.24) is 9.62 Å². The van der Waals surface area contributed by atoms with Crippen LogP contribution >= 0.6 is 11.3 Å². The van der Waals surface area contributed by atoms with Gasteiger partial charge in [-0.15, -0.1) is 11.3 Å². The lowest BCUT2D eigenvalue weighted by molar-refractivity contribution is 0.0946. The first kappa shape index (κ1) is 20.8. The minimum absolute atomic E-state index is 0.0552. The number of amides is 1. The molecule has 9 heteroatoms. The number of thiophene rings is 1. The molecule has 0 saturated carbocycles. The number of rotatable bonds is 6. The molecule has 0 unspecified atom stereocenters. The molecule has 0 bridgehead atoms. The van der Waals surface area contributed by atoms with Crippen molar-refractivity contribution in [2.24, 2.45) is 0 Å². The third-order valence-electron chi connectivity index (χ3n) is 5.28. The van der Waals surface area contributed by atoms with E-state index in [0.29, 0.717) is 28.1 Å². The molecule has 4 rings (SSSR count).